The van der Waals surface area contributed by atoms with E-state index in [2.05, 4.69) is 167 Å². The highest BCUT2D eigenvalue weighted by Gasteiger charge is 2.20. The first-order chi connectivity index (χ1) is 21.4. The molecule has 1 aliphatic carbocycles. The van der Waals surface area contributed by atoms with E-state index in [9.17, 15) is 0 Å². The maximum atomic E-state index is 2.50. The number of hydrogen-bond acceptors (Lipinski definition) is 0. The number of rotatable bonds is 3. The van der Waals surface area contributed by atoms with Crippen LogP contribution in [0, 0.1) is 0 Å². The number of benzene rings is 6. The van der Waals surface area contributed by atoms with E-state index in [1.165, 1.54) is 77.2 Å². The van der Waals surface area contributed by atoms with Crippen LogP contribution in [0.25, 0.3) is 72.2 Å². The summed E-state index contributed by atoms with van der Waals surface area (Å²) in [5.41, 5.74) is 12.4. The summed E-state index contributed by atoms with van der Waals surface area (Å²) >= 11 is 0. The van der Waals surface area contributed by atoms with E-state index in [0.29, 0.717) is 0 Å². The highest BCUT2D eigenvalue weighted by molar-refractivity contribution is 6.15. The van der Waals surface area contributed by atoms with Crippen molar-refractivity contribution in [2.45, 2.75) is 6.42 Å². The maximum absolute atomic E-state index is 2.50. The molecular weight excluding hydrogens is 520 g/mol. The Hall–Kier alpha value is -5.60. The van der Waals surface area contributed by atoms with Gasteiger partial charge in [0.15, 0.2) is 0 Å². The molecule has 202 valence electrons. The van der Waals surface area contributed by atoms with Crippen LogP contribution < -0.4 is 0 Å². The molecule has 2 aromatic heterocycles. The predicted octanol–water partition coefficient (Wildman–Crippen LogP) is 10.7. The number of aromatic nitrogens is 2. The molecule has 43 heavy (non-hydrogen) atoms. The molecule has 0 aliphatic heterocycles. The number of hydrogen-bond donors (Lipinski definition) is 0. The summed E-state index contributed by atoms with van der Waals surface area (Å²) < 4.78 is 4.88. The Bertz CT molecular complexity index is 2410. The van der Waals surface area contributed by atoms with E-state index in [1.54, 1.807) is 0 Å². The summed E-state index contributed by atoms with van der Waals surface area (Å²) in [6.07, 6.45) is 9.69. The molecule has 0 radical (unpaired) electrons. The molecule has 6 aromatic carbocycles. The van der Waals surface area contributed by atoms with Crippen LogP contribution in [0.4, 0.5) is 0 Å². The van der Waals surface area contributed by atoms with Gasteiger partial charge >= 0.3 is 0 Å². The van der Waals surface area contributed by atoms with E-state index in [-0.39, 0.29) is 0 Å². The molecule has 0 amide bonds. The lowest BCUT2D eigenvalue weighted by atomic mass is 9.99. The summed E-state index contributed by atoms with van der Waals surface area (Å²) in [5.74, 6) is 0. The van der Waals surface area contributed by atoms with Crippen molar-refractivity contribution >= 4 is 49.7 Å². The van der Waals surface area contributed by atoms with Crippen LogP contribution in [-0.4, -0.2) is 9.13 Å². The van der Waals surface area contributed by atoms with Crippen molar-refractivity contribution < 1.29 is 0 Å². The normalized spacial score (nSPS) is 12.8. The van der Waals surface area contributed by atoms with E-state index < -0.39 is 0 Å². The van der Waals surface area contributed by atoms with Crippen molar-refractivity contribution in [3.63, 3.8) is 0 Å². The SMILES string of the molecule is C1=CCc2c(cccc2-n2c3ccccc3c3cccc(-c4ccc5c(c4)c4ccccc4n5-c4ccccc4)c32)C=C1. The van der Waals surface area contributed by atoms with Crippen molar-refractivity contribution in [1.29, 1.82) is 0 Å². The predicted molar refractivity (Wildman–Crippen MR) is 182 cm³/mol. The topological polar surface area (TPSA) is 9.86 Å². The minimum Gasteiger partial charge on any atom is -0.309 e. The van der Waals surface area contributed by atoms with Gasteiger partial charge in [-0.2, -0.15) is 0 Å². The zero-order valence-corrected chi connectivity index (χ0v) is 23.6. The summed E-state index contributed by atoms with van der Waals surface area (Å²) in [6.45, 7) is 0. The lowest BCUT2D eigenvalue weighted by molar-refractivity contribution is 1.11. The van der Waals surface area contributed by atoms with E-state index in [4.69, 9.17) is 0 Å². The molecule has 0 N–H and O–H groups in total. The van der Waals surface area contributed by atoms with Crippen LogP contribution in [0.3, 0.4) is 0 Å². The van der Waals surface area contributed by atoms with Crippen molar-refractivity contribution in [1.82, 2.24) is 9.13 Å². The molecule has 1 aliphatic rings. The third-order valence-corrected chi connectivity index (χ3v) is 8.97. The second kappa shape index (κ2) is 9.47. The van der Waals surface area contributed by atoms with E-state index in [0.717, 1.165) is 6.42 Å². The van der Waals surface area contributed by atoms with Crippen LogP contribution >= 0.6 is 0 Å². The smallest absolute Gasteiger partial charge is 0.0619 e. The Morgan fingerprint density at radius 1 is 0.488 bits per heavy atom. The van der Waals surface area contributed by atoms with E-state index >= 15 is 0 Å². The van der Waals surface area contributed by atoms with Gasteiger partial charge in [0.25, 0.3) is 0 Å². The quantitative estimate of drug-likeness (QED) is 0.208. The fourth-order valence-electron chi connectivity index (χ4n) is 7.10. The molecule has 0 bridgehead atoms. The molecule has 0 fully saturated rings. The summed E-state index contributed by atoms with van der Waals surface area (Å²) in [7, 11) is 0. The zero-order valence-electron chi connectivity index (χ0n) is 23.6. The average Bonchev–Trinajstić information content (AvgIpc) is 3.46. The van der Waals surface area contributed by atoms with Crippen molar-refractivity contribution in [2.75, 3.05) is 0 Å². The fourth-order valence-corrected chi connectivity index (χ4v) is 7.10. The molecule has 0 saturated carbocycles. The summed E-state index contributed by atoms with van der Waals surface area (Å²) in [6, 6.07) is 48.7. The second-order valence-corrected chi connectivity index (χ2v) is 11.3. The largest absolute Gasteiger partial charge is 0.309 e. The Kier molecular flexibility index (Phi) is 5.30. The highest BCUT2D eigenvalue weighted by atomic mass is 15.0. The molecule has 0 saturated heterocycles. The summed E-state index contributed by atoms with van der Waals surface area (Å²) in [4.78, 5) is 0. The highest BCUT2D eigenvalue weighted by Crippen LogP contribution is 2.41. The number of para-hydroxylation sites is 4. The van der Waals surface area contributed by atoms with Gasteiger partial charge in [-0.15, -0.1) is 0 Å². The first kappa shape index (κ1) is 24.0. The number of allylic oxidation sites excluding steroid dienone is 3. The number of fused-ring (bicyclic) bond motifs is 7. The van der Waals surface area contributed by atoms with Crippen LogP contribution in [0.5, 0.6) is 0 Å². The molecule has 2 heteroatoms. The molecule has 0 unspecified atom stereocenters. The van der Waals surface area contributed by atoms with Crippen LogP contribution in [0.2, 0.25) is 0 Å². The third-order valence-electron chi connectivity index (χ3n) is 8.97. The zero-order chi connectivity index (χ0) is 28.3. The van der Waals surface area contributed by atoms with Gasteiger partial charge in [0.05, 0.1) is 27.8 Å². The lowest BCUT2D eigenvalue weighted by Gasteiger charge is -2.17. The fraction of sp³-hybridized carbons (Fsp3) is 0.0244. The molecule has 2 nitrogen and oxygen atoms in total. The van der Waals surface area contributed by atoms with Gasteiger partial charge in [-0.1, -0.05) is 115 Å². The van der Waals surface area contributed by atoms with Crippen LogP contribution in [0.15, 0.2) is 152 Å². The molecule has 8 aromatic rings. The number of nitrogens with zero attached hydrogens (tertiary/aromatic N) is 2. The first-order valence-electron chi connectivity index (χ1n) is 14.9. The Morgan fingerprint density at radius 2 is 1.19 bits per heavy atom. The Morgan fingerprint density at radius 3 is 2.05 bits per heavy atom. The monoisotopic (exact) mass is 548 g/mol. The van der Waals surface area contributed by atoms with Gasteiger partial charge in [0.2, 0.25) is 0 Å². The standard InChI is InChI=1S/C41H28N2/c1-3-13-28-14-11-24-37(31(28)17-6-1)43-39-23-10-7-18-33(39)35-21-12-20-32(41(35)43)29-25-26-40-36(27-29)34-19-8-9-22-38(34)42(40)30-15-4-2-5-16-30/h1-16,18-27H,17H2. The molecule has 0 atom stereocenters. The Labute approximate surface area is 250 Å². The van der Waals surface area contributed by atoms with Gasteiger partial charge in [0.1, 0.15) is 0 Å². The summed E-state index contributed by atoms with van der Waals surface area (Å²) in [5, 5.41) is 5.08. The van der Waals surface area contributed by atoms with Gasteiger partial charge in [0, 0.05) is 32.8 Å². The molecular formula is C41H28N2. The average molecular weight is 549 g/mol. The van der Waals surface area contributed by atoms with Crippen molar-refractivity contribution in [3.8, 4) is 22.5 Å². The van der Waals surface area contributed by atoms with E-state index in [1.807, 2.05) is 0 Å². The lowest BCUT2D eigenvalue weighted by Crippen LogP contribution is -2.02. The first-order valence-corrected chi connectivity index (χ1v) is 14.9. The second-order valence-electron chi connectivity index (χ2n) is 11.3. The Balaban J connectivity index is 1.36. The molecule has 0 spiro atoms. The van der Waals surface area contributed by atoms with Crippen LogP contribution in [-0.2, 0) is 6.42 Å². The minimum absolute atomic E-state index is 0.902. The van der Waals surface area contributed by atoms with Gasteiger partial charge in [-0.3, -0.25) is 0 Å². The van der Waals surface area contributed by atoms with Crippen molar-refractivity contribution in [3.05, 3.63) is 163 Å². The van der Waals surface area contributed by atoms with Gasteiger partial charge in [-0.05, 0) is 65.6 Å². The van der Waals surface area contributed by atoms with Crippen LogP contribution in [0.1, 0.15) is 11.1 Å². The molecule has 9 rings (SSSR count). The molecule has 2 heterocycles. The van der Waals surface area contributed by atoms with Gasteiger partial charge < -0.3 is 9.13 Å². The third kappa shape index (κ3) is 3.60. The van der Waals surface area contributed by atoms with Crippen molar-refractivity contribution in [2.24, 2.45) is 0 Å². The maximum Gasteiger partial charge on any atom is 0.0619 e. The van der Waals surface area contributed by atoms with Gasteiger partial charge in [-0.25, -0.2) is 0 Å². The minimum atomic E-state index is 0.902.